The van der Waals surface area contributed by atoms with E-state index in [1.807, 2.05) is 30.3 Å². The number of hydrogen-bond acceptors (Lipinski definition) is 3. The molecule has 1 N–H and O–H groups in total. The van der Waals surface area contributed by atoms with E-state index >= 15 is 0 Å². The van der Waals surface area contributed by atoms with Crippen molar-refractivity contribution in [2.75, 3.05) is 0 Å². The minimum atomic E-state index is -3.80. The van der Waals surface area contributed by atoms with Crippen molar-refractivity contribution in [1.82, 2.24) is 4.31 Å². The van der Waals surface area contributed by atoms with Gasteiger partial charge in [0.1, 0.15) is 0 Å². The molecule has 1 saturated carbocycles. The Balaban J connectivity index is 2.24. The number of rotatable bonds is 6. The first-order valence-corrected chi connectivity index (χ1v) is 7.70. The summed E-state index contributed by atoms with van der Waals surface area (Å²) in [6.07, 6.45) is 1.61. The van der Waals surface area contributed by atoms with Crippen LogP contribution in [-0.4, -0.2) is 35.1 Å². The molecule has 1 aromatic rings. The Kier molecular flexibility index (Phi) is 3.91. The van der Waals surface area contributed by atoms with Gasteiger partial charge >= 0.3 is 5.97 Å². The maximum atomic E-state index is 12.3. The standard InChI is InChI=1S/C13H17NO4S/c1-10(13(15)16)19(17,18)14(12-7-8-12)9-11-5-3-2-4-6-11/h2-6,10,12H,7-9H2,1H3,(H,15,16). The van der Waals surface area contributed by atoms with Crippen molar-refractivity contribution < 1.29 is 18.3 Å². The summed E-state index contributed by atoms with van der Waals surface area (Å²) in [6, 6.07) is 9.18. The van der Waals surface area contributed by atoms with Crippen LogP contribution >= 0.6 is 0 Å². The monoisotopic (exact) mass is 283 g/mol. The molecule has 5 nitrogen and oxygen atoms in total. The first kappa shape index (κ1) is 14.0. The normalized spacial score (nSPS) is 17.4. The van der Waals surface area contributed by atoms with E-state index in [-0.39, 0.29) is 12.6 Å². The molecule has 0 heterocycles. The molecule has 1 aromatic carbocycles. The van der Waals surface area contributed by atoms with Gasteiger partial charge in [0.2, 0.25) is 10.0 Å². The van der Waals surface area contributed by atoms with Gasteiger partial charge in [0.05, 0.1) is 0 Å². The zero-order chi connectivity index (χ0) is 14.0. The predicted molar refractivity (Wildman–Crippen MR) is 71.0 cm³/mol. The Morgan fingerprint density at radius 3 is 2.42 bits per heavy atom. The number of nitrogens with zero attached hydrogens (tertiary/aromatic N) is 1. The van der Waals surface area contributed by atoms with Crippen LogP contribution in [0.3, 0.4) is 0 Å². The molecule has 0 spiro atoms. The molecule has 1 unspecified atom stereocenters. The second-order valence-corrected chi connectivity index (χ2v) is 6.99. The number of sulfonamides is 1. The lowest BCUT2D eigenvalue weighted by Crippen LogP contribution is -2.42. The van der Waals surface area contributed by atoms with Crippen molar-refractivity contribution in [2.45, 2.75) is 37.6 Å². The van der Waals surface area contributed by atoms with E-state index in [9.17, 15) is 13.2 Å². The van der Waals surface area contributed by atoms with Crippen LogP contribution in [0, 0.1) is 0 Å². The maximum absolute atomic E-state index is 12.3. The van der Waals surface area contributed by atoms with Crippen molar-refractivity contribution in [3.63, 3.8) is 0 Å². The van der Waals surface area contributed by atoms with Crippen molar-refractivity contribution in [2.24, 2.45) is 0 Å². The number of benzene rings is 1. The molecule has 1 fully saturated rings. The van der Waals surface area contributed by atoms with Crippen molar-refractivity contribution >= 4 is 16.0 Å². The fraction of sp³-hybridized carbons (Fsp3) is 0.462. The molecule has 6 heteroatoms. The van der Waals surface area contributed by atoms with Crippen LogP contribution in [0.25, 0.3) is 0 Å². The molecule has 0 bridgehead atoms. The highest BCUT2D eigenvalue weighted by molar-refractivity contribution is 7.90. The minimum Gasteiger partial charge on any atom is -0.480 e. The lowest BCUT2D eigenvalue weighted by molar-refractivity contribution is -0.136. The fourth-order valence-corrected chi connectivity index (χ4v) is 3.50. The maximum Gasteiger partial charge on any atom is 0.323 e. The van der Waals surface area contributed by atoms with Gasteiger partial charge in [0, 0.05) is 12.6 Å². The number of carbonyl (C=O) groups is 1. The van der Waals surface area contributed by atoms with E-state index in [4.69, 9.17) is 5.11 Å². The summed E-state index contributed by atoms with van der Waals surface area (Å²) in [6.45, 7) is 1.46. The Labute approximate surface area is 112 Å². The van der Waals surface area contributed by atoms with Crippen molar-refractivity contribution in [1.29, 1.82) is 0 Å². The molecule has 1 atom stereocenters. The summed E-state index contributed by atoms with van der Waals surface area (Å²) >= 11 is 0. The average Bonchev–Trinajstić information content (AvgIpc) is 3.20. The molecule has 0 aliphatic heterocycles. The third-order valence-electron chi connectivity index (χ3n) is 3.26. The number of carboxylic acids is 1. The predicted octanol–water partition coefficient (Wildman–Crippen LogP) is 1.45. The molecule has 104 valence electrons. The molecule has 19 heavy (non-hydrogen) atoms. The largest absolute Gasteiger partial charge is 0.480 e. The van der Waals surface area contributed by atoms with Gasteiger partial charge in [-0.3, -0.25) is 4.79 Å². The van der Waals surface area contributed by atoms with E-state index < -0.39 is 21.2 Å². The third kappa shape index (κ3) is 3.13. The van der Waals surface area contributed by atoms with Crippen LogP contribution < -0.4 is 0 Å². The Hall–Kier alpha value is -1.40. The Morgan fingerprint density at radius 1 is 1.37 bits per heavy atom. The second-order valence-electron chi connectivity index (χ2n) is 4.79. The van der Waals surface area contributed by atoms with Crippen LogP contribution in [-0.2, 0) is 21.4 Å². The molecular formula is C13H17NO4S. The van der Waals surface area contributed by atoms with Crippen LogP contribution in [0.15, 0.2) is 30.3 Å². The summed E-state index contributed by atoms with van der Waals surface area (Å²) in [5.41, 5.74) is 0.871. The third-order valence-corrected chi connectivity index (χ3v) is 5.43. The van der Waals surface area contributed by atoms with Crippen LogP contribution in [0.2, 0.25) is 0 Å². The van der Waals surface area contributed by atoms with Gasteiger partial charge in [0.25, 0.3) is 0 Å². The van der Waals surface area contributed by atoms with Crippen molar-refractivity contribution in [3.8, 4) is 0 Å². The molecule has 0 radical (unpaired) electrons. The van der Waals surface area contributed by atoms with E-state index in [1.54, 1.807) is 0 Å². The van der Waals surface area contributed by atoms with Crippen LogP contribution in [0.1, 0.15) is 25.3 Å². The number of hydrogen-bond donors (Lipinski definition) is 1. The first-order chi connectivity index (χ1) is 8.93. The highest BCUT2D eigenvalue weighted by Gasteiger charge is 2.42. The highest BCUT2D eigenvalue weighted by atomic mass is 32.2. The summed E-state index contributed by atoms with van der Waals surface area (Å²) in [5.74, 6) is -1.31. The molecule has 1 aliphatic carbocycles. The zero-order valence-corrected chi connectivity index (χ0v) is 11.5. The average molecular weight is 283 g/mol. The van der Waals surface area contributed by atoms with Gasteiger partial charge in [-0.1, -0.05) is 30.3 Å². The SMILES string of the molecule is CC(C(=O)O)S(=O)(=O)N(Cc1ccccc1)C1CC1. The van der Waals surface area contributed by atoms with Gasteiger partial charge in [-0.25, -0.2) is 8.42 Å². The van der Waals surface area contributed by atoms with E-state index in [0.29, 0.717) is 0 Å². The molecule has 1 aliphatic rings. The van der Waals surface area contributed by atoms with E-state index in [2.05, 4.69) is 0 Å². The fourth-order valence-electron chi connectivity index (χ4n) is 1.88. The lowest BCUT2D eigenvalue weighted by atomic mass is 10.2. The summed E-state index contributed by atoms with van der Waals surface area (Å²) in [7, 11) is -3.80. The molecule has 0 aromatic heterocycles. The molecular weight excluding hydrogens is 266 g/mol. The number of aliphatic carboxylic acids is 1. The smallest absolute Gasteiger partial charge is 0.323 e. The summed E-state index contributed by atoms with van der Waals surface area (Å²) < 4.78 is 25.9. The second kappa shape index (κ2) is 5.30. The summed E-state index contributed by atoms with van der Waals surface area (Å²) in [4.78, 5) is 10.9. The molecule has 0 amide bonds. The van der Waals surface area contributed by atoms with Gasteiger partial charge in [-0.05, 0) is 25.3 Å². The lowest BCUT2D eigenvalue weighted by Gasteiger charge is -2.24. The summed E-state index contributed by atoms with van der Waals surface area (Å²) in [5, 5.41) is 7.52. The first-order valence-electron chi connectivity index (χ1n) is 6.20. The van der Waals surface area contributed by atoms with Crippen molar-refractivity contribution in [3.05, 3.63) is 35.9 Å². The van der Waals surface area contributed by atoms with Gasteiger partial charge < -0.3 is 5.11 Å². The van der Waals surface area contributed by atoms with E-state index in [0.717, 1.165) is 18.4 Å². The number of carboxylic acid groups (broad SMARTS) is 1. The van der Waals surface area contributed by atoms with E-state index in [1.165, 1.54) is 11.2 Å². The molecule has 0 saturated heterocycles. The topological polar surface area (TPSA) is 74.7 Å². The Morgan fingerprint density at radius 2 is 1.95 bits per heavy atom. The zero-order valence-electron chi connectivity index (χ0n) is 10.7. The van der Waals surface area contributed by atoms with Crippen LogP contribution in [0.5, 0.6) is 0 Å². The highest BCUT2D eigenvalue weighted by Crippen LogP contribution is 2.32. The van der Waals surface area contributed by atoms with Gasteiger partial charge in [-0.15, -0.1) is 0 Å². The van der Waals surface area contributed by atoms with Gasteiger partial charge in [0.15, 0.2) is 5.25 Å². The Bertz CT molecular complexity index is 551. The molecule has 2 rings (SSSR count). The van der Waals surface area contributed by atoms with Crippen LogP contribution in [0.4, 0.5) is 0 Å². The quantitative estimate of drug-likeness (QED) is 0.857. The minimum absolute atomic E-state index is 0.0491. The van der Waals surface area contributed by atoms with Gasteiger partial charge in [-0.2, -0.15) is 4.31 Å².